The maximum Gasteiger partial charge on any atom is 0.233 e. The van der Waals surface area contributed by atoms with E-state index in [1.165, 1.54) is 29.2 Å². The molecule has 0 radical (unpaired) electrons. The molecule has 3 amide bonds. The number of amides is 3. The van der Waals surface area contributed by atoms with Gasteiger partial charge in [-0.15, -0.1) is 0 Å². The molecule has 1 heterocycles. The van der Waals surface area contributed by atoms with Gasteiger partial charge in [0.1, 0.15) is 18.2 Å². The first-order valence-corrected chi connectivity index (χ1v) is 8.71. The maximum absolute atomic E-state index is 12.8. The molecular formula is C19H21FN2O4. The predicted octanol–water partition coefficient (Wildman–Crippen LogP) is 1.66. The Balaban J connectivity index is 1.37. The van der Waals surface area contributed by atoms with Crippen LogP contribution >= 0.6 is 0 Å². The lowest BCUT2D eigenvalue weighted by molar-refractivity contribution is -0.140. The summed E-state index contributed by atoms with van der Waals surface area (Å²) >= 11 is 0. The highest BCUT2D eigenvalue weighted by molar-refractivity contribution is 6.05. The van der Waals surface area contributed by atoms with Crippen LogP contribution in [0.5, 0.6) is 5.75 Å². The summed E-state index contributed by atoms with van der Waals surface area (Å²) < 4.78 is 18.2. The van der Waals surface area contributed by atoms with E-state index in [-0.39, 0.29) is 61.5 Å². The van der Waals surface area contributed by atoms with E-state index in [1.807, 2.05) is 12.2 Å². The smallest absolute Gasteiger partial charge is 0.233 e. The van der Waals surface area contributed by atoms with Gasteiger partial charge in [0.05, 0.1) is 18.4 Å². The van der Waals surface area contributed by atoms with Crippen LogP contribution in [0.2, 0.25) is 0 Å². The Morgan fingerprint density at radius 2 is 1.73 bits per heavy atom. The number of imide groups is 1. The van der Waals surface area contributed by atoms with Crippen molar-refractivity contribution in [3.63, 3.8) is 0 Å². The van der Waals surface area contributed by atoms with Crippen molar-refractivity contribution in [2.75, 3.05) is 19.7 Å². The molecule has 1 fully saturated rings. The molecule has 1 saturated heterocycles. The van der Waals surface area contributed by atoms with E-state index in [9.17, 15) is 18.8 Å². The molecule has 1 aliphatic carbocycles. The number of likely N-dealkylation sites (tertiary alicyclic amines) is 1. The summed E-state index contributed by atoms with van der Waals surface area (Å²) in [4.78, 5) is 37.7. The first-order chi connectivity index (χ1) is 12.6. The summed E-state index contributed by atoms with van der Waals surface area (Å²) in [6, 6.07) is 5.61. The van der Waals surface area contributed by atoms with Gasteiger partial charge < -0.3 is 10.1 Å². The molecule has 2 atom stereocenters. The molecule has 0 saturated carbocycles. The minimum atomic E-state index is -0.340. The van der Waals surface area contributed by atoms with Gasteiger partial charge in [0.2, 0.25) is 17.7 Å². The number of carbonyl (C=O) groups excluding carboxylic acids is 3. The topological polar surface area (TPSA) is 75.7 Å². The van der Waals surface area contributed by atoms with Crippen molar-refractivity contribution in [2.24, 2.45) is 11.8 Å². The largest absolute Gasteiger partial charge is 0.492 e. The third-order valence-corrected chi connectivity index (χ3v) is 4.67. The highest BCUT2D eigenvalue weighted by atomic mass is 19.1. The first kappa shape index (κ1) is 18.1. The SMILES string of the molecule is O=C(CCN1C(=O)[C@H]2CC=CC[C@H]2C1=O)NCCOc1ccc(F)cc1. The van der Waals surface area contributed by atoms with Gasteiger partial charge in [0.25, 0.3) is 0 Å². The lowest BCUT2D eigenvalue weighted by Gasteiger charge is -2.14. The van der Waals surface area contributed by atoms with Crippen LogP contribution in [-0.2, 0) is 14.4 Å². The quantitative estimate of drug-likeness (QED) is 0.456. The van der Waals surface area contributed by atoms with Crippen molar-refractivity contribution in [2.45, 2.75) is 19.3 Å². The highest BCUT2D eigenvalue weighted by Gasteiger charge is 2.46. The van der Waals surface area contributed by atoms with Gasteiger partial charge in [-0.2, -0.15) is 0 Å². The summed E-state index contributed by atoms with van der Waals surface area (Å²) in [6.07, 6.45) is 5.13. The molecule has 26 heavy (non-hydrogen) atoms. The van der Waals surface area contributed by atoms with Crippen molar-refractivity contribution >= 4 is 17.7 Å². The zero-order valence-corrected chi connectivity index (χ0v) is 14.3. The van der Waals surface area contributed by atoms with Crippen molar-refractivity contribution in [1.29, 1.82) is 0 Å². The fraction of sp³-hybridized carbons (Fsp3) is 0.421. The number of rotatable bonds is 7. The number of allylic oxidation sites excluding steroid dienone is 2. The van der Waals surface area contributed by atoms with Crippen LogP contribution in [0.25, 0.3) is 0 Å². The van der Waals surface area contributed by atoms with Gasteiger partial charge >= 0.3 is 0 Å². The third-order valence-electron chi connectivity index (χ3n) is 4.67. The van der Waals surface area contributed by atoms with Gasteiger partial charge in [-0.05, 0) is 37.1 Å². The maximum atomic E-state index is 12.8. The number of hydrogen-bond donors (Lipinski definition) is 1. The molecule has 6 nitrogen and oxygen atoms in total. The van der Waals surface area contributed by atoms with Crippen LogP contribution in [-0.4, -0.2) is 42.3 Å². The molecule has 0 spiro atoms. The summed E-state index contributed by atoms with van der Waals surface area (Å²) in [5.41, 5.74) is 0. The molecule has 0 bridgehead atoms. The van der Waals surface area contributed by atoms with E-state index in [0.717, 1.165) is 0 Å². The number of fused-ring (bicyclic) bond motifs is 1. The van der Waals surface area contributed by atoms with Crippen LogP contribution in [0.15, 0.2) is 36.4 Å². The van der Waals surface area contributed by atoms with Crippen LogP contribution < -0.4 is 10.1 Å². The average Bonchev–Trinajstić information content (AvgIpc) is 2.89. The molecule has 0 aromatic heterocycles. The molecule has 1 aliphatic heterocycles. The predicted molar refractivity (Wildman–Crippen MR) is 91.6 cm³/mol. The second kappa shape index (κ2) is 8.12. The molecule has 1 aromatic rings. The van der Waals surface area contributed by atoms with E-state index in [2.05, 4.69) is 5.32 Å². The number of benzene rings is 1. The number of hydrogen-bond acceptors (Lipinski definition) is 4. The Morgan fingerprint density at radius 1 is 1.12 bits per heavy atom. The lowest BCUT2D eigenvalue weighted by atomic mass is 9.85. The Labute approximate surface area is 151 Å². The number of halogens is 1. The van der Waals surface area contributed by atoms with E-state index >= 15 is 0 Å². The fourth-order valence-corrected chi connectivity index (χ4v) is 3.28. The standard InChI is InChI=1S/C19H21FN2O4/c20-13-5-7-14(8-6-13)26-12-10-21-17(23)9-11-22-18(24)15-3-1-2-4-16(15)19(22)25/h1-2,5-8,15-16H,3-4,9-12H2,(H,21,23)/t15-,16+. The molecule has 7 heteroatoms. The monoisotopic (exact) mass is 360 g/mol. The van der Waals surface area contributed by atoms with Gasteiger partial charge in [0.15, 0.2) is 0 Å². The highest BCUT2D eigenvalue weighted by Crippen LogP contribution is 2.34. The zero-order chi connectivity index (χ0) is 18.5. The van der Waals surface area contributed by atoms with E-state index < -0.39 is 0 Å². The summed E-state index contributed by atoms with van der Waals surface area (Å²) in [7, 11) is 0. The number of nitrogens with zero attached hydrogens (tertiary/aromatic N) is 1. The molecule has 0 unspecified atom stereocenters. The van der Waals surface area contributed by atoms with E-state index in [1.54, 1.807) is 0 Å². The normalized spacial score (nSPS) is 21.7. The molecule has 2 aliphatic rings. The molecule has 138 valence electrons. The molecule has 3 rings (SSSR count). The molecular weight excluding hydrogens is 339 g/mol. The fourth-order valence-electron chi connectivity index (χ4n) is 3.28. The lowest BCUT2D eigenvalue weighted by Crippen LogP contribution is -2.36. The number of nitrogens with one attached hydrogen (secondary N) is 1. The van der Waals surface area contributed by atoms with Crippen molar-refractivity contribution in [3.05, 3.63) is 42.2 Å². The van der Waals surface area contributed by atoms with Crippen LogP contribution in [0.4, 0.5) is 4.39 Å². The summed E-state index contributed by atoms with van der Waals surface area (Å²) in [5.74, 6) is -0.938. The van der Waals surface area contributed by atoms with Crippen molar-refractivity contribution in [3.8, 4) is 5.75 Å². The minimum absolute atomic E-state index is 0.0703. The molecule has 1 aromatic carbocycles. The Bertz CT molecular complexity index is 691. The van der Waals surface area contributed by atoms with Crippen molar-refractivity contribution < 1.29 is 23.5 Å². The molecule has 1 N–H and O–H groups in total. The van der Waals surface area contributed by atoms with Crippen LogP contribution in [0.1, 0.15) is 19.3 Å². The van der Waals surface area contributed by atoms with Gasteiger partial charge in [-0.1, -0.05) is 12.2 Å². The van der Waals surface area contributed by atoms with E-state index in [0.29, 0.717) is 18.6 Å². The summed E-state index contributed by atoms with van der Waals surface area (Å²) in [5, 5.41) is 2.68. The van der Waals surface area contributed by atoms with Gasteiger partial charge in [0, 0.05) is 13.0 Å². The van der Waals surface area contributed by atoms with Gasteiger partial charge in [-0.25, -0.2) is 4.39 Å². The Morgan fingerprint density at radius 3 is 2.35 bits per heavy atom. The van der Waals surface area contributed by atoms with Crippen LogP contribution in [0, 0.1) is 17.7 Å². The second-order valence-electron chi connectivity index (χ2n) is 6.39. The summed E-state index contributed by atoms with van der Waals surface area (Å²) in [6.45, 7) is 0.636. The number of ether oxygens (including phenoxy) is 1. The van der Waals surface area contributed by atoms with E-state index in [4.69, 9.17) is 4.74 Å². The number of carbonyl (C=O) groups is 3. The average molecular weight is 360 g/mol. The van der Waals surface area contributed by atoms with Crippen LogP contribution in [0.3, 0.4) is 0 Å². The third kappa shape index (κ3) is 4.09. The minimum Gasteiger partial charge on any atom is -0.492 e. The van der Waals surface area contributed by atoms with Crippen molar-refractivity contribution in [1.82, 2.24) is 10.2 Å². The Hall–Kier alpha value is -2.70. The Kier molecular flexibility index (Phi) is 5.65. The first-order valence-electron chi connectivity index (χ1n) is 8.71. The second-order valence-corrected chi connectivity index (χ2v) is 6.39. The van der Waals surface area contributed by atoms with Gasteiger partial charge in [-0.3, -0.25) is 19.3 Å². The zero-order valence-electron chi connectivity index (χ0n) is 14.3.